The molecule has 2 aromatic heterocycles. The van der Waals surface area contributed by atoms with Crippen molar-refractivity contribution in [3.8, 4) is 0 Å². The number of allylic oxidation sites excluding steroid dienone is 2. The normalized spacial score (nSPS) is 20.0. The predicted molar refractivity (Wildman–Crippen MR) is 120 cm³/mol. The molecule has 2 heterocycles. The summed E-state index contributed by atoms with van der Waals surface area (Å²) in [6.45, 7) is 8.07. The van der Waals surface area contributed by atoms with Crippen LogP contribution in [0, 0.1) is 26.7 Å². The Hall–Kier alpha value is -2.18. The highest BCUT2D eigenvalue weighted by molar-refractivity contribution is 7.11. The lowest BCUT2D eigenvalue weighted by molar-refractivity contribution is 0.0950. The zero-order valence-corrected chi connectivity index (χ0v) is 18.5. The Morgan fingerprint density at radius 3 is 2.59 bits per heavy atom. The lowest BCUT2D eigenvalue weighted by Crippen LogP contribution is -2.28. The van der Waals surface area contributed by atoms with Gasteiger partial charge in [-0.3, -0.25) is 9.59 Å². The van der Waals surface area contributed by atoms with E-state index in [0.717, 1.165) is 42.5 Å². The monoisotopic (exact) mass is 413 g/mol. The number of aromatic nitrogens is 1. The molecule has 0 saturated heterocycles. The van der Waals surface area contributed by atoms with Crippen molar-refractivity contribution in [2.45, 2.75) is 66.0 Å². The molecule has 2 aromatic rings. The van der Waals surface area contributed by atoms with Crippen LogP contribution in [-0.4, -0.2) is 16.9 Å². The minimum atomic E-state index is -0.141. The third-order valence-corrected chi connectivity index (χ3v) is 7.12. The van der Waals surface area contributed by atoms with E-state index in [1.165, 1.54) is 10.5 Å². The Balaban J connectivity index is 1.75. The fourth-order valence-corrected chi connectivity index (χ4v) is 5.50. The van der Waals surface area contributed by atoms with E-state index >= 15 is 0 Å². The summed E-state index contributed by atoms with van der Waals surface area (Å²) in [6.07, 6.45) is 6.52. The third-order valence-electron chi connectivity index (χ3n) is 5.99. The van der Waals surface area contributed by atoms with Gasteiger partial charge in [0, 0.05) is 34.1 Å². The number of pyridine rings is 1. The van der Waals surface area contributed by atoms with E-state index in [1.54, 1.807) is 11.3 Å². The standard InChI is InChI=1S/C23H31N3O2S/c1-5-18(16-6-8-17(24)9-7-16)21-15(4)20(12-29-21)22(27)25-11-19-13(2)10-14(3)26-23(19)28/h5,10,12,16-17H,6-9,11,24H2,1-4H3,(H,25,27)(H,26,28)/t16-,17-. The smallest absolute Gasteiger partial charge is 0.253 e. The van der Waals surface area contributed by atoms with Crippen LogP contribution in [0.5, 0.6) is 0 Å². The van der Waals surface area contributed by atoms with Gasteiger partial charge in [-0.15, -0.1) is 11.3 Å². The molecule has 4 N–H and O–H groups in total. The van der Waals surface area contributed by atoms with E-state index in [4.69, 9.17) is 5.73 Å². The van der Waals surface area contributed by atoms with Gasteiger partial charge < -0.3 is 16.0 Å². The molecule has 1 aliphatic rings. The second-order valence-corrected chi connectivity index (χ2v) is 8.96. The summed E-state index contributed by atoms with van der Waals surface area (Å²) in [5.74, 6) is 0.382. The van der Waals surface area contributed by atoms with Crippen molar-refractivity contribution in [2.75, 3.05) is 0 Å². The van der Waals surface area contributed by atoms with Gasteiger partial charge in [0.2, 0.25) is 0 Å². The van der Waals surface area contributed by atoms with Gasteiger partial charge in [0.05, 0.1) is 5.56 Å². The zero-order chi connectivity index (χ0) is 21.1. The Morgan fingerprint density at radius 2 is 1.97 bits per heavy atom. The first-order chi connectivity index (χ1) is 13.8. The summed E-state index contributed by atoms with van der Waals surface area (Å²) in [5, 5.41) is 4.86. The molecule has 1 saturated carbocycles. The number of carbonyl (C=O) groups is 1. The molecule has 29 heavy (non-hydrogen) atoms. The number of nitrogens with two attached hydrogens (primary N) is 1. The van der Waals surface area contributed by atoms with Gasteiger partial charge in [-0.1, -0.05) is 6.08 Å². The minimum absolute atomic E-state index is 0.134. The molecular weight excluding hydrogens is 382 g/mol. The van der Waals surface area contributed by atoms with Gasteiger partial charge in [-0.2, -0.15) is 0 Å². The van der Waals surface area contributed by atoms with Gasteiger partial charge in [-0.05, 0) is 82.1 Å². The fraction of sp³-hybridized carbons (Fsp3) is 0.478. The van der Waals surface area contributed by atoms with E-state index in [2.05, 4.69) is 23.3 Å². The van der Waals surface area contributed by atoms with E-state index in [9.17, 15) is 9.59 Å². The molecule has 0 unspecified atom stereocenters. The second-order valence-electron chi connectivity index (χ2n) is 8.08. The predicted octanol–water partition coefficient (Wildman–Crippen LogP) is 4.21. The molecule has 0 atom stereocenters. The molecule has 156 valence electrons. The van der Waals surface area contributed by atoms with Gasteiger partial charge in [0.15, 0.2) is 0 Å². The molecule has 0 bridgehead atoms. The summed E-state index contributed by atoms with van der Waals surface area (Å²) in [7, 11) is 0. The Labute approximate surface area is 176 Å². The number of aryl methyl sites for hydroxylation is 2. The van der Waals surface area contributed by atoms with Crippen LogP contribution in [0.1, 0.15) is 70.2 Å². The molecule has 0 radical (unpaired) electrons. The number of hydrogen-bond donors (Lipinski definition) is 3. The molecule has 5 nitrogen and oxygen atoms in total. The molecule has 0 aliphatic heterocycles. The van der Waals surface area contributed by atoms with E-state index in [-0.39, 0.29) is 18.0 Å². The number of amides is 1. The van der Waals surface area contributed by atoms with Crippen molar-refractivity contribution in [3.63, 3.8) is 0 Å². The molecule has 1 fully saturated rings. The van der Waals surface area contributed by atoms with Crippen LogP contribution >= 0.6 is 11.3 Å². The van der Waals surface area contributed by atoms with Gasteiger partial charge >= 0.3 is 0 Å². The molecule has 1 aliphatic carbocycles. The SMILES string of the molecule is CC=C(c1scc(C(=O)NCc2c(C)cc(C)[nH]c2=O)c1C)[C@H]1CC[C@H](N)CC1. The summed E-state index contributed by atoms with van der Waals surface area (Å²) in [5.41, 5.74) is 11.3. The highest BCUT2D eigenvalue weighted by atomic mass is 32.1. The average molecular weight is 414 g/mol. The average Bonchev–Trinajstić information content (AvgIpc) is 3.04. The van der Waals surface area contributed by atoms with Crippen LogP contribution in [0.4, 0.5) is 0 Å². The molecular formula is C23H31N3O2S. The Bertz CT molecular complexity index is 978. The Morgan fingerprint density at radius 1 is 1.28 bits per heavy atom. The lowest BCUT2D eigenvalue weighted by Gasteiger charge is -2.28. The number of nitrogens with one attached hydrogen (secondary N) is 2. The molecule has 3 rings (SSSR count). The van der Waals surface area contributed by atoms with Crippen LogP contribution in [-0.2, 0) is 6.54 Å². The summed E-state index contributed by atoms with van der Waals surface area (Å²) < 4.78 is 0. The second kappa shape index (κ2) is 9.09. The topological polar surface area (TPSA) is 88.0 Å². The molecule has 1 amide bonds. The van der Waals surface area contributed by atoms with Crippen LogP contribution < -0.4 is 16.6 Å². The van der Waals surface area contributed by atoms with Gasteiger partial charge in [0.1, 0.15) is 0 Å². The zero-order valence-electron chi connectivity index (χ0n) is 17.7. The number of H-pyrrole nitrogens is 1. The first-order valence-corrected chi connectivity index (χ1v) is 11.2. The van der Waals surface area contributed by atoms with Crippen molar-refractivity contribution < 1.29 is 4.79 Å². The maximum Gasteiger partial charge on any atom is 0.253 e. The highest BCUT2D eigenvalue weighted by Crippen LogP contribution is 2.39. The van der Waals surface area contributed by atoms with Crippen molar-refractivity contribution in [1.82, 2.24) is 10.3 Å². The number of carbonyl (C=O) groups excluding carboxylic acids is 1. The van der Waals surface area contributed by atoms with Crippen molar-refractivity contribution in [3.05, 3.63) is 60.7 Å². The molecule has 0 spiro atoms. The fourth-order valence-electron chi connectivity index (χ4n) is 4.27. The third kappa shape index (κ3) is 4.70. The van der Waals surface area contributed by atoms with E-state index < -0.39 is 0 Å². The number of rotatable bonds is 5. The Kier molecular flexibility index (Phi) is 6.75. The number of aromatic amines is 1. The summed E-state index contributed by atoms with van der Waals surface area (Å²) in [6, 6.07) is 2.24. The number of thiophene rings is 1. The number of hydrogen-bond acceptors (Lipinski definition) is 4. The largest absolute Gasteiger partial charge is 0.348 e. The van der Waals surface area contributed by atoms with Crippen LogP contribution in [0.2, 0.25) is 0 Å². The molecule has 0 aromatic carbocycles. The van der Waals surface area contributed by atoms with Crippen LogP contribution in [0.25, 0.3) is 5.57 Å². The quantitative estimate of drug-likeness (QED) is 0.686. The van der Waals surface area contributed by atoms with Gasteiger partial charge in [-0.25, -0.2) is 0 Å². The van der Waals surface area contributed by atoms with Crippen LogP contribution in [0.15, 0.2) is 22.3 Å². The first kappa shape index (κ1) is 21.5. The highest BCUT2D eigenvalue weighted by Gasteiger charge is 2.25. The van der Waals surface area contributed by atoms with Gasteiger partial charge in [0.25, 0.3) is 11.5 Å². The van der Waals surface area contributed by atoms with Crippen LogP contribution in [0.3, 0.4) is 0 Å². The maximum atomic E-state index is 12.8. The van der Waals surface area contributed by atoms with Crippen molar-refractivity contribution in [1.29, 1.82) is 0 Å². The lowest BCUT2D eigenvalue weighted by atomic mass is 9.80. The maximum absolute atomic E-state index is 12.8. The summed E-state index contributed by atoms with van der Waals surface area (Å²) >= 11 is 1.63. The van der Waals surface area contributed by atoms with Crippen molar-refractivity contribution >= 4 is 22.8 Å². The first-order valence-electron chi connectivity index (χ1n) is 10.3. The molecule has 6 heteroatoms. The van der Waals surface area contributed by atoms with E-state index in [0.29, 0.717) is 23.1 Å². The van der Waals surface area contributed by atoms with E-state index in [1.807, 2.05) is 32.2 Å². The minimum Gasteiger partial charge on any atom is -0.348 e. The van der Waals surface area contributed by atoms with Crippen molar-refractivity contribution in [2.24, 2.45) is 11.7 Å². The summed E-state index contributed by atoms with van der Waals surface area (Å²) in [4.78, 5) is 29.0.